The Balaban J connectivity index is 1.61. The molecule has 144 valence electrons. The van der Waals surface area contributed by atoms with Gasteiger partial charge in [-0.3, -0.25) is 4.98 Å². The molecule has 0 aliphatic carbocycles. The van der Waals surface area contributed by atoms with Gasteiger partial charge in [0.2, 0.25) is 0 Å². The van der Waals surface area contributed by atoms with Crippen molar-refractivity contribution in [3.8, 4) is 17.0 Å². The van der Waals surface area contributed by atoms with Crippen LogP contribution < -0.4 is 4.90 Å². The average molecular weight is 383 g/mol. The molecule has 0 fully saturated rings. The standard InChI is InChI=1S/C23H21N5O/c1-3-15-12-16(8-10-24-15)28-11-9-19-22(14(28)2)18-13-20(26-27-23(18)25-19)17-6-4-5-7-21(17)29/h3-8,10,12-14,29H,1,9,11H2,2H3,(H,25,27). The van der Waals surface area contributed by atoms with Gasteiger partial charge < -0.3 is 15.0 Å². The normalized spacial score (nSPS) is 16.0. The number of nitrogens with one attached hydrogen (secondary N) is 1. The molecule has 2 N–H and O–H groups in total. The number of H-pyrrole nitrogens is 1. The van der Waals surface area contributed by atoms with Crippen molar-refractivity contribution >= 4 is 22.8 Å². The lowest BCUT2D eigenvalue weighted by atomic mass is 9.96. The van der Waals surface area contributed by atoms with Gasteiger partial charge in [-0.2, -0.15) is 0 Å². The number of pyridine rings is 1. The van der Waals surface area contributed by atoms with E-state index in [0.717, 1.165) is 35.4 Å². The number of para-hydroxylation sites is 1. The topological polar surface area (TPSA) is 77.9 Å². The van der Waals surface area contributed by atoms with Crippen LogP contribution in [0.25, 0.3) is 28.4 Å². The van der Waals surface area contributed by atoms with Crippen LogP contribution in [-0.2, 0) is 6.42 Å². The van der Waals surface area contributed by atoms with Gasteiger partial charge in [-0.25, -0.2) is 0 Å². The Morgan fingerprint density at radius 2 is 2.07 bits per heavy atom. The predicted octanol–water partition coefficient (Wildman–Crippen LogP) is 4.49. The van der Waals surface area contributed by atoms with Crippen LogP contribution >= 0.6 is 0 Å². The second-order valence-corrected chi connectivity index (χ2v) is 7.29. The molecule has 4 aromatic rings. The maximum absolute atomic E-state index is 10.2. The summed E-state index contributed by atoms with van der Waals surface area (Å²) in [6, 6.07) is 13.5. The largest absolute Gasteiger partial charge is 0.507 e. The number of hydrogen-bond acceptors (Lipinski definition) is 5. The van der Waals surface area contributed by atoms with Gasteiger partial charge in [0.05, 0.1) is 17.4 Å². The average Bonchev–Trinajstić information content (AvgIpc) is 3.13. The second-order valence-electron chi connectivity index (χ2n) is 7.29. The number of benzene rings is 1. The van der Waals surface area contributed by atoms with Crippen LogP contribution in [0.2, 0.25) is 0 Å². The highest BCUT2D eigenvalue weighted by Gasteiger charge is 2.29. The summed E-state index contributed by atoms with van der Waals surface area (Å²) in [5.74, 6) is 0.203. The molecule has 1 aromatic carbocycles. The molecule has 1 unspecified atom stereocenters. The van der Waals surface area contributed by atoms with Crippen molar-refractivity contribution in [2.24, 2.45) is 0 Å². The summed E-state index contributed by atoms with van der Waals surface area (Å²) < 4.78 is 0. The van der Waals surface area contributed by atoms with E-state index in [-0.39, 0.29) is 11.8 Å². The summed E-state index contributed by atoms with van der Waals surface area (Å²) >= 11 is 0. The number of phenolic OH excluding ortho intramolecular Hbond substituents is 1. The number of aromatic amines is 1. The molecule has 29 heavy (non-hydrogen) atoms. The first kappa shape index (κ1) is 17.4. The second kappa shape index (κ2) is 6.74. The molecule has 1 aliphatic heterocycles. The summed E-state index contributed by atoms with van der Waals surface area (Å²) in [5.41, 5.74) is 6.56. The lowest BCUT2D eigenvalue weighted by molar-refractivity contribution is 0.477. The molecule has 0 radical (unpaired) electrons. The smallest absolute Gasteiger partial charge is 0.160 e. The molecule has 6 nitrogen and oxygen atoms in total. The van der Waals surface area contributed by atoms with E-state index in [9.17, 15) is 5.11 Å². The molecule has 4 heterocycles. The molecule has 0 amide bonds. The number of aromatic hydroxyl groups is 1. The maximum Gasteiger partial charge on any atom is 0.160 e. The first-order valence-electron chi connectivity index (χ1n) is 9.67. The minimum atomic E-state index is 0.161. The van der Waals surface area contributed by atoms with Crippen LogP contribution in [0.1, 0.15) is 29.9 Å². The Kier molecular flexibility index (Phi) is 4.05. The lowest BCUT2D eigenvalue weighted by Gasteiger charge is -2.35. The van der Waals surface area contributed by atoms with Crippen LogP contribution in [-0.4, -0.2) is 31.8 Å². The molecule has 3 aromatic heterocycles. The fraction of sp³-hybridized carbons (Fsp3) is 0.174. The summed E-state index contributed by atoms with van der Waals surface area (Å²) in [7, 11) is 0. The highest BCUT2D eigenvalue weighted by Crippen LogP contribution is 2.39. The van der Waals surface area contributed by atoms with Gasteiger partial charge in [0.25, 0.3) is 0 Å². The first-order chi connectivity index (χ1) is 14.2. The lowest BCUT2D eigenvalue weighted by Crippen LogP contribution is -2.33. The van der Waals surface area contributed by atoms with Crippen LogP contribution in [0.4, 0.5) is 5.69 Å². The van der Waals surface area contributed by atoms with Gasteiger partial charge in [0.1, 0.15) is 5.75 Å². The Labute approximate surface area is 168 Å². The zero-order valence-corrected chi connectivity index (χ0v) is 16.1. The van der Waals surface area contributed by atoms with Crippen molar-refractivity contribution < 1.29 is 5.11 Å². The fourth-order valence-corrected chi connectivity index (χ4v) is 4.22. The van der Waals surface area contributed by atoms with Crippen molar-refractivity contribution in [2.75, 3.05) is 11.4 Å². The SMILES string of the molecule is C=Cc1cc(N2CCc3[nH]c4nnc(-c5ccccc5O)cc4c3C2C)ccn1. The maximum atomic E-state index is 10.2. The number of anilines is 1. The Bertz CT molecular complexity index is 1230. The van der Waals surface area contributed by atoms with Crippen LogP contribution in [0.5, 0.6) is 5.75 Å². The molecule has 0 bridgehead atoms. The van der Waals surface area contributed by atoms with Crippen molar-refractivity contribution in [1.82, 2.24) is 20.2 Å². The van der Waals surface area contributed by atoms with E-state index in [2.05, 4.69) is 44.6 Å². The van der Waals surface area contributed by atoms with Gasteiger partial charge >= 0.3 is 0 Å². The van der Waals surface area contributed by atoms with Gasteiger partial charge in [-0.15, -0.1) is 10.2 Å². The van der Waals surface area contributed by atoms with Gasteiger partial charge in [-0.1, -0.05) is 18.7 Å². The Morgan fingerprint density at radius 3 is 2.90 bits per heavy atom. The third-order valence-electron chi connectivity index (χ3n) is 5.65. The first-order valence-corrected chi connectivity index (χ1v) is 9.67. The molecular formula is C23H21N5O. The summed E-state index contributed by atoms with van der Waals surface area (Å²) in [6.07, 6.45) is 4.49. The quantitative estimate of drug-likeness (QED) is 0.545. The van der Waals surface area contributed by atoms with Crippen molar-refractivity contribution in [3.05, 3.63) is 72.2 Å². The fourth-order valence-electron chi connectivity index (χ4n) is 4.22. The van der Waals surface area contributed by atoms with Gasteiger partial charge in [0.15, 0.2) is 5.65 Å². The van der Waals surface area contributed by atoms with Crippen molar-refractivity contribution in [1.29, 1.82) is 0 Å². The number of hydrogen-bond donors (Lipinski definition) is 2. The molecule has 5 rings (SSSR count). The van der Waals surface area contributed by atoms with E-state index in [0.29, 0.717) is 11.3 Å². The van der Waals surface area contributed by atoms with E-state index in [4.69, 9.17) is 0 Å². The molecule has 0 saturated heterocycles. The predicted molar refractivity (Wildman–Crippen MR) is 115 cm³/mol. The monoisotopic (exact) mass is 383 g/mol. The zero-order chi connectivity index (χ0) is 20.0. The van der Waals surface area contributed by atoms with E-state index in [1.807, 2.05) is 30.5 Å². The number of phenols is 1. The zero-order valence-electron chi connectivity index (χ0n) is 16.1. The van der Waals surface area contributed by atoms with E-state index < -0.39 is 0 Å². The molecule has 1 aliphatic rings. The van der Waals surface area contributed by atoms with E-state index in [1.165, 1.54) is 11.3 Å². The van der Waals surface area contributed by atoms with E-state index in [1.54, 1.807) is 18.2 Å². The Hall–Kier alpha value is -3.67. The van der Waals surface area contributed by atoms with Crippen molar-refractivity contribution in [2.45, 2.75) is 19.4 Å². The minimum Gasteiger partial charge on any atom is -0.507 e. The molecule has 6 heteroatoms. The Morgan fingerprint density at radius 1 is 1.21 bits per heavy atom. The molecule has 1 atom stereocenters. The molecule has 0 saturated carbocycles. The van der Waals surface area contributed by atoms with Crippen molar-refractivity contribution in [3.63, 3.8) is 0 Å². The summed E-state index contributed by atoms with van der Waals surface area (Å²) in [6.45, 7) is 6.94. The van der Waals surface area contributed by atoms with Gasteiger partial charge in [-0.05, 0) is 43.3 Å². The highest BCUT2D eigenvalue weighted by molar-refractivity contribution is 5.86. The summed E-state index contributed by atoms with van der Waals surface area (Å²) in [5, 5.41) is 20.0. The van der Waals surface area contributed by atoms with Crippen LogP contribution in [0, 0.1) is 0 Å². The highest BCUT2D eigenvalue weighted by atomic mass is 16.3. The number of rotatable bonds is 3. The van der Waals surface area contributed by atoms with Gasteiger partial charge in [0, 0.05) is 47.1 Å². The van der Waals surface area contributed by atoms with Crippen LogP contribution in [0.15, 0.2) is 55.2 Å². The third-order valence-corrected chi connectivity index (χ3v) is 5.65. The summed E-state index contributed by atoms with van der Waals surface area (Å²) in [4.78, 5) is 10.1. The third kappa shape index (κ3) is 2.84. The molecule has 0 spiro atoms. The number of aromatic nitrogens is 4. The minimum absolute atomic E-state index is 0.161. The number of nitrogens with zero attached hydrogens (tertiary/aromatic N) is 4. The van der Waals surface area contributed by atoms with Crippen LogP contribution in [0.3, 0.4) is 0 Å². The molecular weight excluding hydrogens is 362 g/mol. The number of fused-ring (bicyclic) bond motifs is 3. The van der Waals surface area contributed by atoms with E-state index >= 15 is 0 Å².